The predicted molar refractivity (Wildman–Crippen MR) is 109 cm³/mol. The molecule has 1 aliphatic heterocycles. The number of nitrogens with zero attached hydrogens (tertiary/aromatic N) is 2. The maximum atomic E-state index is 12.4. The van der Waals surface area contributed by atoms with Crippen LogP contribution < -0.4 is 10.2 Å². The van der Waals surface area contributed by atoms with Gasteiger partial charge in [0.25, 0.3) is 0 Å². The lowest BCUT2D eigenvalue weighted by Crippen LogP contribution is -3.12. The Morgan fingerprint density at radius 1 is 1.36 bits per heavy atom. The van der Waals surface area contributed by atoms with E-state index in [0.717, 1.165) is 60.3 Å². The van der Waals surface area contributed by atoms with Gasteiger partial charge in [0.2, 0.25) is 0 Å². The molecule has 7 nitrogen and oxygen atoms in total. The van der Waals surface area contributed by atoms with Gasteiger partial charge in [-0.25, -0.2) is 14.8 Å². The molecule has 0 aromatic carbocycles. The van der Waals surface area contributed by atoms with Gasteiger partial charge in [-0.3, -0.25) is 0 Å². The van der Waals surface area contributed by atoms with Crippen molar-refractivity contribution in [1.29, 1.82) is 0 Å². The molecule has 0 amide bonds. The Morgan fingerprint density at radius 2 is 2.11 bits per heavy atom. The van der Waals surface area contributed by atoms with Crippen LogP contribution in [0.15, 0.2) is 0 Å². The van der Waals surface area contributed by atoms with Crippen molar-refractivity contribution in [2.24, 2.45) is 5.92 Å². The molecule has 2 fully saturated rings. The molecular weight excluding hydrogens is 376 g/mol. The van der Waals surface area contributed by atoms with Crippen LogP contribution in [0.1, 0.15) is 47.7 Å². The summed E-state index contributed by atoms with van der Waals surface area (Å²) in [5.74, 6) is 2.12. The molecule has 0 spiro atoms. The number of fused-ring (bicyclic) bond motifs is 1. The lowest BCUT2D eigenvalue weighted by molar-refractivity contribution is -0.922. The zero-order valence-corrected chi connectivity index (χ0v) is 17.7. The highest BCUT2D eigenvalue weighted by molar-refractivity contribution is 7.20. The summed E-state index contributed by atoms with van der Waals surface area (Å²) >= 11 is 1.41. The maximum Gasteiger partial charge on any atom is 0.348 e. The lowest BCUT2D eigenvalue weighted by atomic mass is 10.1. The first-order chi connectivity index (χ1) is 13.6. The number of esters is 1. The molecule has 1 aliphatic carbocycles. The van der Waals surface area contributed by atoms with E-state index in [9.17, 15) is 4.79 Å². The Balaban J connectivity index is 1.70. The van der Waals surface area contributed by atoms with Crippen LogP contribution in [0.25, 0.3) is 10.2 Å². The molecule has 1 saturated heterocycles. The molecule has 1 saturated carbocycles. The third-order valence-corrected chi connectivity index (χ3v) is 6.76. The fourth-order valence-corrected chi connectivity index (χ4v) is 4.84. The summed E-state index contributed by atoms with van der Waals surface area (Å²) in [7, 11) is 0. The topological polar surface area (TPSA) is 77.8 Å². The van der Waals surface area contributed by atoms with Crippen molar-refractivity contribution in [3.05, 3.63) is 16.3 Å². The zero-order valence-electron chi connectivity index (χ0n) is 16.8. The number of nitrogens with one attached hydrogen (secondary N) is 2. The van der Waals surface area contributed by atoms with E-state index < -0.39 is 0 Å². The number of ether oxygens (including phenoxy) is 2. The quantitative estimate of drug-likeness (QED) is 0.684. The second-order valence-electron chi connectivity index (χ2n) is 7.75. The van der Waals surface area contributed by atoms with Gasteiger partial charge in [0, 0.05) is 6.04 Å². The van der Waals surface area contributed by atoms with Crippen molar-refractivity contribution in [1.82, 2.24) is 9.97 Å². The van der Waals surface area contributed by atoms with E-state index in [1.807, 2.05) is 13.8 Å². The second-order valence-corrected chi connectivity index (χ2v) is 8.75. The van der Waals surface area contributed by atoms with Gasteiger partial charge < -0.3 is 19.7 Å². The molecule has 2 aromatic heterocycles. The van der Waals surface area contributed by atoms with E-state index >= 15 is 0 Å². The van der Waals surface area contributed by atoms with Crippen LogP contribution >= 0.6 is 11.3 Å². The predicted octanol–water partition coefficient (Wildman–Crippen LogP) is 1.80. The zero-order chi connectivity index (χ0) is 19.7. The van der Waals surface area contributed by atoms with E-state index in [4.69, 9.17) is 19.4 Å². The number of hydrogen-bond acceptors (Lipinski definition) is 7. The van der Waals surface area contributed by atoms with E-state index in [-0.39, 0.29) is 5.97 Å². The Hall–Kier alpha value is -1.77. The van der Waals surface area contributed by atoms with E-state index in [1.165, 1.54) is 29.1 Å². The molecule has 0 bridgehead atoms. The molecular formula is C20H29N4O3S+. The lowest BCUT2D eigenvalue weighted by Gasteiger charge is -2.23. The number of morpholine rings is 1. The average Bonchev–Trinajstić information content (AvgIpc) is 3.47. The van der Waals surface area contributed by atoms with Crippen LogP contribution in [0.3, 0.4) is 0 Å². The summed E-state index contributed by atoms with van der Waals surface area (Å²) in [5.41, 5.74) is 0.911. The largest absolute Gasteiger partial charge is 0.462 e. The number of hydrogen-bond donors (Lipinski definition) is 2. The number of anilines is 1. The first-order valence-corrected chi connectivity index (χ1v) is 11.0. The van der Waals surface area contributed by atoms with Gasteiger partial charge in [-0.15, -0.1) is 11.3 Å². The van der Waals surface area contributed by atoms with E-state index in [1.54, 1.807) is 0 Å². The fourth-order valence-electron chi connectivity index (χ4n) is 3.75. The van der Waals surface area contributed by atoms with Gasteiger partial charge in [-0.1, -0.05) is 0 Å². The molecule has 8 heteroatoms. The maximum absolute atomic E-state index is 12.4. The van der Waals surface area contributed by atoms with Crippen molar-refractivity contribution in [3.63, 3.8) is 0 Å². The van der Waals surface area contributed by atoms with Crippen LogP contribution in [-0.4, -0.2) is 54.9 Å². The Kier molecular flexibility index (Phi) is 5.80. The standard InChI is InChI=1S/C20H28N4O3S/c1-4-27-20(25)17-12(2)16-18(21-13(3)14-5-6-14)22-15(23-19(16)28-17)11-24-7-9-26-10-8-24/h13-14H,4-11H2,1-3H3,(H,21,22,23)/p+1/t13-/m1/s1. The molecule has 2 N–H and O–H groups in total. The molecule has 4 rings (SSSR count). The third kappa shape index (κ3) is 4.14. The first-order valence-electron chi connectivity index (χ1n) is 10.2. The highest BCUT2D eigenvalue weighted by Crippen LogP contribution is 2.38. The van der Waals surface area contributed by atoms with Gasteiger partial charge in [0.15, 0.2) is 5.82 Å². The summed E-state index contributed by atoms with van der Waals surface area (Å²) in [5, 5.41) is 4.58. The van der Waals surface area contributed by atoms with Crippen molar-refractivity contribution in [3.8, 4) is 0 Å². The normalized spacial score (nSPS) is 19.0. The second kappa shape index (κ2) is 8.31. The Labute approximate surface area is 169 Å². The van der Waals surface area contributed by atoms with E-state index in [0.29, 0.717) is 23.4 Å². The molecule has 28 heavy (non-hydrogen) atoms. The monoisotopic (exact) mass is 405 g/mol. The number of carbonyl (C=O) groups is 1. The Morgan fingerprint density at radius 3 is 2.79 bits per heavy atom. The van der Waals surface area contributed by atoms with Gasteiger partial charge in [-0.05, 0) is 45.1 Å². The van der Waals surface area contributed by atoms with E-state index in [2.05, 4.69) is 12.2 Å². The SMILES string of the molecule is CCOC(=O)c1sc2nc(C[NH+]3CCOCC3)nc(N[C@H](C)C3CC3)c2c1C. The summed E-state index contributed by atoms with van der Waals surface area (Å²) in [6, 6.07) is 0.368. The van der Waals surface area contributed by atoms with Crippen LogP contribution in [0, 0.1) is 12.8 Å². The summed E-state index contributed by atoms with van der Waals surface area (Å²) in [4.78, 5) is 25.0. The number of rotatable bonds is 7. The highest BCUT2D eigenvalue weighted by Gasteiger charge is 2.30. The third-order valence-electron chi connectivity index (χ3n) is 5.60. The minimum Gasteiger partial charge on any atom is -0.462 e. The average molecular weight is 406 g/mol. The smallest absolute Gasteiger partial charge is 0.348 e. The molecule has 0 unspecified atom stereocenters. The molecule has 2 aliphatic rings. The van der Waals surface area contributed by atoms with Gasteiger partial charge in [0.1, 0.15) is 35.2 Å². The highest BCUT2D eigenvalue weighted by atomic mass is 32.1. The van der Waals surface area contributed by atoms with Crippen molar-refractivity contribution < 1.29 is 19.2 Å². The minimum absolute atomic E-state index is 0.274. The summed E-state index contributed by atoms with van der Waals surface area (Å²) in [6.45, 7) is 10.7. The number of carbonyl (C=O) groups excluding carboxylic acids is 1. The van der Waals surface area contributed by atoms with Crippen molar-refractivity contribution in [2.45, 2.75) is 46.2 Å². The fraction of sp³-hybridized carbons (Fsp3) is 0.650. The van der Waals surface area contributed by atoms with Crippen LogP contribution in [0.2, 0.25) is 0 Å². The van der Waals surface area contributed by atoms with Crippen molar-refractivity contribution >= 4 is 33.3 Å². The molecule has 3 heterocycles. The van der Waals surface area contributed by atoms with Crippen LogP contribution in [-0.2, 0) is 16.0 Å². The van der Waals surface area contributed by atoms with Gasteiger partial charge in [0.05, 0.1) is 25.2 Å². The van der Waals surface area contributed by atoms with Crippen molar-refractivity contribution in [2.75, 3.05) is 38.2 Å². The molecule has 152 valence electrons. The van der Waals surface area contributed by atoms with Gasteiger partial charge >= 0.3 is 5.97 Å². The minimum atomic E-state index is -0.274. The number of aryl methyl sites for hydroxylation is 1. The van der Waals surface area contributed by atoms with Crippen LogP contribution in [0.4, 0.5) is 5.82 Å². The summed E-state index contributed by atoms with van der Waals surface area (Å²) in [6.07, 6.45) is 2.54. The molecule has 1 atom stereocenters. The molecule has 0 radical (unpaired) electrons. The number of thiophene rings is 1. The van der Waals surface area contributed by atoms with Crippen LogP contribution in [0.5, 0.6) is 0 Å². The Bertz CT molecular complexity index is 859. The number of aromatic nitrogens is 2. The first kappa shape index (κ1) is 19.5. The number of quaternary nitrogens is 1. The summed E-state index contributed by atoms with van der Waals surface area (Å²) < 4.78 is 10.7. The van der Waals surface area contributed by atoms with Gasteiger partial charge in [-0.2, -0.15) is 0 Å². The molecule has 2 aromatic rings.